The molecule has 1 fully saturated rings. The number of aliphatic carboxylic acids is 1. The summed E-state index contributed by atoms with van der Waals surface area (Å²) in [5, 5.41) is 9.68. The van der Waals surface area contributed by atoms with Crippen molar-refractivity contribution < 1.29 is 14.7 Å². The summed E-state index contributed by atoms with van der Waals surface area (Å²) in [7, 11) is 1.77. The first-order valence-electron chi connectivity index (χ1n) is 7.85. The average Bonchev–Trinajstić information content (AvgIpc) is 2.80. The first kappa shape index (κ1) is 17.8. The molecule has 2 amide bonds. The van der Waals surface area contributed by atoms with E-state index in [-0.39, 0.29) is 17.5 Å². The second-order valence-corrected chi connectivity index (χ2v) is 7.28. The second kappa shape index (κ2) is 6.24. The maximum Gasteiger partial charge on any atom is 0.329 e. The monoisotopic (exact) mass is 298 g/mol. The van der Waals surface area contributed by atoms with Gasteiger partial charge >= 0.3 is 12.0 Å². The number of urea groups is 1. The van der Waals surface area contributed by atoms with Crippen LogP contribution >= 0.6 is 0 Å². The highest BCUT2D eigenvalue weighted by Gasteiger charge is 2.50. The molecule has 1 saturated heterocycles. The lowest BCUT2D eigenvalue weighted by Gasteiger charge is -2.41. The Bertz CT molecular complexity index is 403. The number of carbonyl (C=O) groups excluding carboxylic acids is 1. The molecule has 0 aromatic heterocycles. The molecule has 0 aromatic rings. The van der Waals surface area contributed by atoms with Crippen molar-refractivity contribution in [3.63, 3.8) is 0 Å². The molecule has 1 heterocycles. The van der Waals surface area contributed by atoms with Gasteiger partial charge in [0.15, 0.2) is 0 Å². The lowest BCUT2D eigenvalue weighted by molar-refractivity contribution is -0.149. The molecular formula is C16H30N2O3. The fourth-order valence-electron chi connectivity index (χ4n) is 3.10. The van der Waals surface area contributed by atoms with Gasteiger partial charge in [0.05, 0.1) is 0 Å². The summed E-state index contributed by atoms with van der Waals surface area (Å²) in [6.45, 7) is 10.8. The van der Waals surface area contributed by atoms with Gasteiger partial charge in [-0.25, -0.2) is 9.59 Å². The Kier molecular flexibility index (Phi) is 5.29. The van der Waals surface area contributed by atoms with E-state index in [0.717, 1.165) is 12.8 Å². The van der Waals surface area contributed by atoms with Crippen LogP contribution < -0.4 is 0 Å². The van der Waals surface area contributed by atoms with Crippen LogP contribution in [0.4, 0.5) is 4.79 Å². The third kappa shape index (κ3) is 3.33. The first-order chi connectivity index (χ1) is 9.58. The third-order valence-corrected chi connectivity index (χ3v) is 4.92. The predicted molar refractivity (Wildman–Crippen MR) is 83.3 cm³/mol. The molecule has 0 radical (unpaired) electrons. The van der Waals surface area contributed by atoms with E-state index >= 15 is 0 Å². The van der Waals surface area contributed by atoms with Gasteiger partial charge in [-0.3, -0.25) is 0 Å². The highest BCUT2D eigenvalue weighted by Crippen LogP contribution is 2.36. The molecule has 1 aliphatic rings. The van der Waals surface area contributed by atoms with Crippen molar-refractivity contribution in [3.8, 4) is 0 Å². The number of carbonyl (C=O) groups is 2. The van der Waals surface area contributed by atoms with Crippen LogP contribution in [-0.4, -0.2) is 52.1 Å². The third-order valence-electron chi connectivity index (χ3n) is 4.92. The number of carboxylic acid groups (broad SMARTS) is 1. The Hall–Kier alpha value is -1.26. The zero-order valence-electron chi connectivity index (χ0n) is 14.3. The van der Waals surface area contributed by atoms with Gasteiger partial charge in [-0.15, -0.1) is 0 Å². The van der Waals surface area contributed by atoms with Gasteiger partial charge in [0.2, 0.25) is 0 Å². The predicted octanol–water partition coefficient (Wildman–Crippen LogP) is 3.19. The number of rotatable bonds is 4. The van der Waals surface area contributed by atoms with Gasteiger partial charge in [0, 0.05) is 19.6 Å². The molecule has 1 rings (SSSR count). The molecule has 0 bridgehead atoms. The van der Waals surface area contributed by atoms with Crippen molar-refractivity contribution in [2.75, 3.05) is 13.6 Å². The zero-order valence-corrected chi connectivity index (χ0v) is 14.3. The van der Waals surface area contributed by atoms with E-state index in [9.17, 15) is 14.7 Å². The summed E-state index contributed by atoms with van der Waals surface area (Å²) >= 11 is 0. The summed E-state index contributed by atoms with van der Waals surface area (Å²) in [4.78, 5) is 27.9. The van der Waals surface area contributed by atoms with Gasteiger partial charge in [-0.05, 0) is 31.6 Å². The van der Waals surface area contributed by atoms with Crippen LogP contribution in [0.2, 0.25) is 0 Å². The molecule has 0 saturated carbocycles. The highest BCUT2D eigenvalue weighted by molar-refractivity contribution is 5.87. The highest BCUT2D eigenvalue weighted by atomic mass is 16.4. The zero-order chi connectivity index (χ0) is 16.4. The Balaban J connectivity index is 3.02. The SMILES string of the molecule is CCCC1(C(=O)O)CCCN1C(=O)N(C)C(C)C(C)(C)C. The van der Waals surface area contributed by atoms with Gasteiger partial charge in [-0.1, -0.05) is 34.1 Å². The normalized spacial score (nSPS) is 24.0. The van der Waals surface area contributed by atoms with Crippen molar-refractivity contribution >= 4 is 12.0 Å². The topological polar surface area (TPSA) is 60.9 Å². The molecule has 5 heteroatoms. The molecule has 21 heavy (non-hydrogen) atoms. The number of amides is 2. The minimum atomic E-state index is -1.02. The van der Waals surface area contributed by atoms with Crippen LogP contribution in [0.15, 0.2) is 0 Å². The number of hydrogen-bond acceptors (Lipinski definition) is 2. The Labute approximate surface area is 128 Å². The van der Waals surface area contributed by atoms with Crippen molar-refractivity contribution in [2.24, 2.45) is 5.41 Å². The standard InChI is InChI=1S/C16H30N2O3/c1-7-9-16(13(19)20)10-8-11-18(16)14(21)17(6)12(2)15(3,4)5/h12H,7-11H2,1-6H3,(H,19,20). The van der Waals surface area contributed by atoms with E-state index in [2.05, 4.69) is 20.8 Å². The first-order valence-corrected chi connectivity index (χ1v) is 7.85. The molecular weight excluding hydrogens is 268 g/mol. The van der Waals surface area contributed by atoms with Gasteiger partial charge in [0.1, 0.15) is 5.54 Å². The molecule has 122 valence electrons. The molecule has 0 spiro atoms. The molecule has 2 unspecified atom stereocenters. The van der Waals surface area contributed by atoms with E-state index < -0.39 is 11.5 Å². The molecule has 1 N–H and O–H groups in total. The van der Waals surface area contributed by atoms with E-state index in [1.54, 1.807) is 16.8 Å². The second-order valence-electron chi connectivity index (χ2n) is 7.28. The van der Waals surface area contributed by atoms with Crippen molar-refractivity contribution in [2.45, 2.75) is 71.9 Å². The van der Waals surface area contributed by atoms with Crippen LogP contribution in [0.25, 0.3) is 0 Å². The summed E-state index contributed by atoms with van der Waals surface area (Å²) in [5.41, 5.74) is -1.06. The van der Waals surface area contributed by atoms with E-state index in [1.807, 2.05) is 13.8 Å². The Morgan fingerprint density at radius 3 is 2.38 bits per heavy atom. The van der Waals surface area contributed by atoms with Crippen LogP contribution in [0, 0.1) is 5.41 Å². The lowest BCUT2D eigenvalue weighted by atomic mass is 9.87. The average molecular weight is 298 g/mol. The van der Waals surface area contributed by atoms with Crippen LogP contribution in [-0.2, 0) is 4.79 Å². The smallest absolute Gasteiger partial charge is 0.329 e. The molecule has 5 nitrogen and oxygen atoms in total. The van der Waals surface area contributed by atoms with E-state index in [4.69, 9.17) is 0 Å². The summed E-state index contributed by atoms with van der Waals surface area (Å²) in [6, 6.07) is -0.121. The lowest BCUT2D eigenvalue weighted by Crippen LogP contribution is -2.58. The van der Waals surface area contributed by atoms with Crippen LogP contribution in [0.3, 0.4) is 0 Å². The molecule has 0 aliphatic carbocycles. The Morgan fingerprint density at radius 1 is 1.38 bits per heavy atom. The number of likely N-dealkylation sites (tertiary alicyclic amines) is 1. The maximum absolute atomic E-state index is 12.8. The number of hydrogen-bond donors (Lipinski definition) is 1. The number of carboxylic acids is 1. The molecule has 0 aromatic carbocycles. The summed E-state index contributed by atoms with van der Waals surface area (Å²) < 4.78 is 0. The summed E-state index contributed by atoms with van der Waals surface area (Å²) in [6.07, 6.45) is 2.59. The molecule has 2 atom stereocenters. The van der Waals surface area contributed by atoms with Crippen LogP contribution in [0.5, 0.6) is 0 Å². The van der Waals surface area contributed by atoms with E-state index in [0.29, 0.717) is 19.4 Å². The fraction of sp³-hybridized carbons (Fsp3) is 0.875. The van der Waals surface area contributed by atoms with Crippen molar-refractivity contribution in [1.29, 1.82) is 0 Å². The summed E-state index contributed by atoms with van der Waals surface area (Å²) in [5.74, 6) is -0.869. The largest absolute Gasteiger partial charge is 0.479 e. The van der Waals surface area contributed by atoms with Gasteiger partial charge < -0.3 is 14.9 Å². The van der Waals surface area contributed by atoms with Gasteiger partial charge in [-0.2, -0.15) is 0 Å². The van der Waals surface area contributed by atoms with Crippen LogP contribution in [0.1, 0.15) is 60.3 Å². The van der Waals surface area contributed by atoms with Crippen molar-refractivity contribution in [3.05, 3.63) is 0 Å². The maximum atomic E-state index is 12.8. The quantitative estimate of drug-likeness (QED) is 0.867. The van der Waals surface area contributed by atoms with E-state index in [1.165, 1.54) is 0 Å². The minimum absolute atomic E-state index is 0.0405. The minimum Gasteiger partial charge on any atom is -0.479 e. The van der Waals surface area contributed by atoms with Crippen molar-refractivity contribution in [1.82, 2.24) is 9.80 Å². The molecule has 1 aliphatic heterocycles. The Morgan fingerprint density at radius 2 is 1.95 bits per heavy atom. The number of nitrogens with zero attached hydrogens (tertiary/aromatic N) is 2. The van der Waals surface area contributed by atoms with Gasteiger partial charge in [0.25, 0.3) is 0 Å². The fourth-order valence-corrected chi connectivity index (χ4v) is 3.10.